The number of nitrogens with zero attached hydrogens (tertiary/aromatic N) is 1. The summed E-state index contributed by atoms with van der Waals surface area (Å²) in [6, 6.07) is 0. The maximum atomic E-state index is 11.3. The fourth-order valence-electron chi connectivity index (χ4n) is 1.11. The molecule has 3 heteroatoms. The molecule has 0 spiro atoms. The van der Waals surface area contributed by atoms with Gasteiger partial charge in [-0.3, -0.25) is 9.89 Å². The van der Waals surface area contributed by atoms with E-state index < -0.39 is 0 Å². The number of H-pyrrole nitrogens is 1. The second kappa shape index (κ2) is 2.49. The van der Waals surface area contributed by atoms with E-state index in [0.717, 1.165) is 5.56 Å². The molecule has 58 valence electrons. The number of hydrogen-bond acceptors (Lipinski definition) is 2. The molecule has 1 N–H and O–H groups in total. The fraction of sp³-hybridized carbons (Fsp3) is 0.500. The molecular formula is C8H10N2O. The van der Waals surface area contributed by atoms with Gasteiger partial charge < -0.3 is 0 Å². The van der Waals surface area contributed by atoms with E-state index >= 15 is 0 Å². The van der Waals surface area contributed by atoms with Crippen LogP contribution in [0.25, 0.3) is 0 Å². The SMILES string of the molecule is O=C(CC1CC1)c1cn[nH]c1. The highest BCUT2D eigenvalue weighted by molar-refractivity contribution is 5.95. The van der Waals surface area contributed by atoms with Crippen molar-refractivity contribution in [2.24, 2.45) is 5.92 Å². The van der Waals surface area contributed by atoms with Crippen LogP contribution in [0, 0.1) is 5.92 Å². The number of aromatic nitrogens is 2. The molecule has 1 heterocycles. The molecule has 11 heavy (non-hydrogen) atoms. The van der Waals surface area contributed by atoms with Gasteiger partial charge in [-0.25, -0.2) is 0 Å². The van der Waals surface area contributed by atoms with Crippen LogP contribution in [-0.4, -0.2) is 16.0 Å². The summed E-state index contributed by atoms with van der Waals surface area (Å²) in [4.78, 5) is 11.3. The summed E-state index contributed by atoms with van der Waals surface area (Å²) in [6.45, 7) is 0. The second-order valence-electron chi connectivity index (χ2n) is 3.06. The van der Waals surface area contributed by atoms with Gasteiger partial charge in [-0.15, -0.1) is 0 Å². The van der Waals surface area contributed by atoms with Crippen molar-refractivity contribution in [3.05, 3.63) is 18.0 Å². The molecule has 0 amide bonds. The molecule has 0 aromatic carbocycles. The normalized spacial score (nSPS) is 16.7. The zero-order valence-corrected chi connectivity index (χ0v) is 6.21. The van der Waals surface area contributed by atoms with Gasteiger partial charge in [0.05, 0.1) is 11.8 Å². The molecule has 0 unspecified atom stereocenters. The lowest BCUT2D eigenvalue weighted by Gasteiger charge is -1.91. The van der Waals surface area contributed by atoms with E-state index in [4.69, 9.17) is 0 Å². The number of ketones is 1. The largest absolute Gasteiger partial charge is 0.294 e. The Kier molecular flexibility index (Phi) is 1.49. The summed E-state index contributed by atoms with van der Waals surface area (Å²) in [5.74, 6) is 0.888. The third kappa shape index (κ3) is 1.48. The number of hydrogen-bond donors (Lipinski definition) is 1. The second-order valence-corrected chi connectivity index (χ2v) is 3.06. The molecule has 1 aliphatic carbocycles. The van der Waals surface area contributed by atoms with Gasteiger partial charge in [0.15, 0.2) is 5.78 Å². The van der Waals surface area contributed by atoms with Crippen LogP contribution < -0.4 is 0 Å². The van der Waals surface area contributed by atoms with Crippen LogP contribution >= 0.6 is 0 Å². The van der Waals surface area contributed by atoms with E-state index in [-0.39, 0.29) is 5.78 Å². The van der Waals surface area contributed by atoms with Crippen LogP contribution in [0.2, 0.25) is 0 Å². The Morgan fingerprint density at radius 3 is 3.09 bits per heavy atom. The average molecular weight is 150 g/mol. The minimum absolute atomic E-state index is 0.223. The topological polar surface area (TPSA) is 45.8 Å². The van der Waals surface area contributed by atoms with Crippen LogP contribution in [-0.2, 0) is 0 Å². The number of aromatic amines is 1. The summed E-state index contributed by atoms with van der Waals surface area (Å²) in [5.41, 5.74) is 0.719. The molecule has 0 bridgehead atoms. The highest BCUT2D eigenvalue weighted by Crippen LogP contribution is 2.33. The highest BCUT2D eigenvalue weighted by atomic mass is 16.1. The number of carbonyl (C=O) groups excluding carboxylic acids is 1. The van der Waals surface area contributed by atoms with Crippen LogP contribution in [0.1, 0.15) is 29.6 Å². The molecule has 3 nitrogen and oxygen atoms in total. The maximum Gasteiger partial charge on any atom is 0.166 e. The summed E-state index contributed by atoms with van der Waals surface area (Å²) in [5, 5.41) is 6.36. The Hall–Kier alpha value is -1.12. The summed E-state index contributed by atoms with van der Waals surface area (Å²) in [6.07, 6.45) is 6.40. The van der Waals surface area contributed by atoms with E-state index in [1.807, 2.05) is 0 Å². The standard InChI is InChI=1S/C8H10N2O/c11-8(3-6-1-2-6)7-4-9-10-5-7/h4-6H,1-3H2,(H,9,10). The van der Waals surface area contributed by atoms with Crippen molar-refractivity contribution in [2.75, 3.05) is 0 Å². The maximum absolute atomic E-state index is 11.3. The predicted octanol–water partition coefficient (Wildman–Crippen LogP) is 1.39. The van der Waals surface area contributed by atoms with E-state index in [0.29, 0.717) is 12.3 Å². The Balaban J connectivity index is 1.99. The van der Waals surface area contributed by atoms with Gasteiger partial charge in [-0.1, -0.05) is 0 Å². The van der Waals surface area contributed by atoms with Gasteiger partial charge >= 0.3 is 0 Å². The van der Waals surface area contributed by atoms with Gasteiger partial charge in [-0.2, -0.15) is 5.10 Å². The zero-order valence-electron chi connectivity index (χ0n) is 6.21. The Labute approximate surface area is 64.8 Å². The average Bonchev–Trinajstić information content (AvgIpc) is 2.67. The van der Waals surface area contributed by atoms with Gasteiger partial charge in [0.1, 0.15) is 0 Å². The molecule has 1 aromatic heterocycles. The lowest BCUT2D eigenvalue weighted by Crippen LogP contribution is -1.97. The molecule has 1 saturated carbocycles. The van der Waals surface area contributed by atoms with Crippen LogP contribution in [0.15, 0.2) is 12.4 Å². The Morgan fingerprint density at radius 1 is 1.73 bits per heavy atom. The van der Waals surface area contributed by atoms with Gasteiger partial charge in [0.2, 0.25) is 0 Å². The zero-order chi connectivity index (χ0) is 7.68. The molecule has 0 saturated heterocycles. The monoisotopic (exact) mass is 150 g/mol. The van der Waals surface area contributed by atoms with Crippen molar-refractivity contribution in [2.45, 2.75) is 19.3 Å². The lowest BCUT2D eigenvalue weighted by molar-refractivity contribution is 0.0976. The number of carbonyl (C=O) groups is 1. The Bertz CT molecular complexity index is 249. The molecule has 0 aliphatic heterocycles. The van der Waals surface area contributed by atoms with E-state index in [1.165, 1.54) is 12.8 Å². The van der Waals surface area contributed by atoms with E-state index in [9.17, 15) is 4.79 Å². The molecule has 0 radical (unpaired) electrons. The van der Waals surface area contributed by atoms with Gasteiger partial charge in [0.25, 0.3) is 0 Å². The summed E-state index contributed by atoms with van der Waals surface area (Å²) < 4.78 is 0. The number of nitrogens with one attached hydrogen (secondary N) is 1. The smallest absolute Gasteiger partial charge is 0.166 e. The van der Waals surface area contributed by atoms with Crippen LogP contribution in [0.4, 0.5) is 0 Å². The third-order valence-corrected chi connectivity index (χ3v) is 1.99. The molecule has 0 atom stereocenters. The molecule has 1 aliphatic rings. The van der Waals surface area contributed by atoms with Crippen molar-refractivity contribution >= 4 is 5.78 Å². The van der Waals surface area contributed by atoms with Crippen molar-refractivity contribution in [3.63, 3.8) is 0 Å². The third-order valence-electron chi connectivity index (χ3n) is 1.99. The summed E-state index contributed by atoms with van der Waals surface area (Å²) in [7, 11) is 0. The molecule has 1 aromatic rings. The number of rotatable bonds is 3. The highest BCUT2D eigenvalue weighted by Gasteiger charge is 2.24. The first kappa shape index (κ1) is 6.58. The predicted molar refractivity (Wildman–Crippen MR) is 40.3 cm³/mol. The van der Waals surface area contributed by atoms with Gasteiger partial charge in [0, 0.05) is 12.6 Å². The number of Topliss-reactive ketones (excluding diaryl/α,β-unsaturated/α-hetero) is 1. The fourth-order valence-corrected chi connectivity index (χ4v) is 1.11. The Morgan fingerprint density at radius 2 is 2.55 bits per heavy atom. The van der Waals surface area contributed by atoms with Crippen molar-refractivity contribution < 1.29 is 4.79 Å². The molecule has 1 fully saturated rings. The molecular weight excluding hydrogens is 140 g/mol. The van der Waals surface area contributed by atoms with E-state index in [1.54, 1.807) is 12.4 Å². The summed E-state index contributed by atoms with van der Waals surface area (Å²) >= 11 is 0. The van der Waals surface area contributed by atoms with E-state index in [2.05, 4.69) is 10.2 Å². The first-order valence-corrected chi connectivity index (χ1v) is 3.88. The van der Waals surface area contributed by atoms with Crippen molar-refractivity contribution in [3.8, 4) is 0 Å². The van der Waals surface area contributed by atoms with Crippen LogP contribution in [0.3, 0.4) is 0 Å². The van der Waals surface area contributed by atoms with Crippen molar-refractivity contribution in [1.82, 2.24) is 10.2 Å². The van der Waals surface area contributed by atoms with Crippen molar-refractivity contribution in [1.29, 1.82) is 0 Å². The first-order chi connectivity index (χ1) is 5.36. The van der Waals surface area contributed by atoms with Crippen LogP contribution in [0.5, 0.6) is 0 Å². The minimum atomic E-state index is 0.223. The quantitative estimate of drug-likeness (QED) is 0.662. The lowest BCUT2D eigenvalue weighted by atomic mass is 10.1. The molecule has 2 rings (SSSR count). The first-order valence-electron chi connectivity index (χ1n) is 3.88. The minimum Gasteiger partial charge on any atom is -0.294 e. The van der Waals surface area contributed by atoms with Gasteiger partial charge in [-0.05, 0) is 18.8 Å².